The maximum absolute atomic E-state index is 6.00. The molecule has 1 saturated heterocycles. The molecule has 2 aromatic carbocycles. The molecule has 4 rings (SSSR count). The van der Waals surface area contributed by atoms with E-state index >= 15 is 0 Å². The van der Waals surface area contributed by atoms with E-state index in [-0.39, 0.29) is 0 Å². The third kappa shape index (κ3) is 5.54. The zero-order valence-corrected chi connectivity index (χ0v) is 17.1. The molecule has 5 nitrogen and oxygen atoms in total. The predicted molar refractivity (Wildman–Crippen MR) is 116 cm³/mol. The first kappa shape index (κ1) is 19.8. The number of hydrogen-bond donors (Lipinski definition) is 0. The summed E-state index contributed by atoms with van der Waals surface area (Å²) in [6.07, 6.45) is 3.79. The molecule has 0 atom stereocenters. The topological polar surface area (TPSA) is 37.8 Å². The van der Waals surface area contributed by atoms with E-state index in [2.05, 4.69) is 64.3 Å². The van der Waals surface area contributed by atoms with Crippen LogP contribution in [0, 0.1) is 0 Å². The Labute approximate surface area is 172 Å². The van der Waals surface area contributed by atoms with Crippen molar-refractivity contribution < 1.29 is 9.47 Å². The molecule has 5 heteroatoms. The van der Waals surface area contributed by atoms with E-state index in [9.17, 15) is 0 Å². The Hall–Kier alpha value is -2.47. The highest BCUT2D eigenvalue weighted by molar-refractivity contribution is 5.84. The highest BCUT2D eigenvalue weighted by Gasteiger charge is 2.10. The van der Waals surface area contributed by atoms with Gasteiger partial charge in [-0.15, -0.1) is 0 Å². The van der Waals surface area contributed by atoms with Crippen LogP contribution in [0.5, 0.6) is 5.75 Å². The highest BCUT2D eigenvalue weighted by Crippen LogP contribution is 2.20. The molecule has 29 heavy (non-hydrogen) atoms. The van der Waals surface area contributed by atoms with E-state index in [1.54, 1.807) is 0 Å². The Bertz CT molecular complexity index is 919. The summed E-state index contributed by atoms with van der Waals surface area (Å²) in [5.41, 5.74) is 2.59. The van der Waals surface area contributed by atoms with Gasteiger partial charge in [-0.2, -0.15) is 0 Å². The van der Waals surface area contributed by atoms with Gasteiger partial charge in [-0.05, 0) is 41.8 Å². The van der Waals surface area contributed by atoms with Crippen LogP contribution < -0.4 is 4.74 Å². The molecular weight excluding hydrogens is 362 g/mol. The van der Waals surface area contributed by atoms with Crippen molar-refractivity contribution in [3.63, 3.8) is 0 Å². The van der Waals surface area contributed by atoms with Crippen LogP contribution >= 0.6 is 0 Å². The van der Waals surface area contributed by atoms with Gasteiger partial charge in [0.05, 0.1) is 13.2 Å². The first-order valence-electron chi connectivity index (χ1n) is 10.3. The van der Waals surface area contributed by atoms with E-state index in [4.69, 9.17) is 9.47 Å². The molecule has 0 spiro atoms. The van der Waals surface area contributed by atoms with Gasteiger partial charge in [0, 0.05) is 50.5 Å². The van der Waals surface area contributed by atoms with Crippen molar-refractivity contribution in [1.29, 1.82) is 0 Å². The summed E-state index contributed by atoms with van der Waals surface area (Å²) in [4.78, 5) is 8.95. The third-order valence-corrected chi connectivity index (χ3v) is 5.34. The summed E-state index contributed by atoms with van der Waals surface area (Å²) >= 11 is 0. The second-order valence-corrected chi connectivity index (χ2v) is 7.64. The fraction of sp³-hybridized carbons (Fsp3) is 0.375. The van der Waals surface area contributed by atoms with Crippen molar-refractivity contribution in [2.24, 2.45) is 0 Å². The van der Waals surface area contributed by atoms with E-state index in [1.807, 2.05) is 18.5 Å². The van der Waals surface area contributed by atoms with Gasteiger partial charge in [0.2, 0.25) is 0 Å². The van der Waals surface area contributed by atoms with E-state index in [0.717, 1.165) is 51.7 Å². The lowest BCUT2D eigenvalue weighted by Crippen LogP contribution is -2.38. The molecule has 1 aliphatic rings. The standard InChI is InChI=1S/C24H29N3O2/c1-26(19-22-6-3-5-21-17-25-9-8-24(21)22)18-20-4-2-7-23(16-20)29-15-12-27-10-13-28-14-11-27/h2-9,16-17H,10-15,18-19H2,1H3. The molecule has 0 aliphatic carbocycles. The van der Waals surface area contributed by atoms with Crippen LogP contribution in [0.25, 0.3) is 10.8 Å². The average Bonchev–Trinajstić information content (AvgIpc) is 2.75. The second-order valence-electron chi connectivity index (χ2n) is 7.64. The fourth-order valence-corrected chi connectivity index (χ4v) is 3.84. The summed E-state index contributed by atoms with van der Waals surface area (Å²) < 4.78 is 11.4. The summed E-state index contributed by atoms with van der Waals surface area (Å²) in [6.45, 7) is 7.08. The Morgan fingerprint density at radius 2 is 1.93 bits per heavy atom. The molecule has 0 unspecified atom stereocenters. The number of hydrogen-bond acceptors (Lipinski definition) is 5. The lowest BCUT2D eigenvalue weighted by molar-refractivity contribution is 0.0322. The first-order chi connectivity index (χ1) is 14.3. The fourth-order valence-electron chi connectivity index (χ4n) is 3.84. The van der Waals surface area contributed by atoms with E-state index in [0.29, 0.717) is 6.61 Å². The number of benzene rings is 2. The van der Waals surface area contributed by atoms with Gasteiger partial charge < -0.3 is 9.47 Å². The first-order valence-corrected chi connectivity index (χ1v) is 10.3. The highest BCUT2D eigenvalue weighted by atomic mass is 16.5. The monoisotopic (exact) mass is 391 g/mol. The molecule has 0 radical (unpaired) electrons. The predicted octanol–water partition coefficient (Wildman–Crippen LogP) is 3.58. The van der Waals surface area contributed by atoms with Crippen LogP contribution in [-0.4, -0.2) is 61.3 Å². The van der Waals surface area contributed by atoms with Gasteiger partial charge in [-0.3, -0.25) is 14.8 Å². The number of ether oxygens (including phenoxy) is 2. The maximum Gasteiger partial charge on any atom is 0.119 e. The molecular formula is C24H29N3O2. The van der Waals surface area contributed by atoms with Crippen molar-refractivity contribution in [2.75, 3.05) is 46.5 Å². The van der Waals surface area contributed by atoms with Crippen LogP contribution in [0.15, 0.2) is 60.9 Å². The zero-order valence-electron chi connectivity index (χ0n) is 17.1. The molecule has 1 aromatic heterocycles. The van der Waals surface area contributed by atoms with Crippen molar-refractivity contribution >= 4 is 10.8 Å². The minimum absolute atomic E-state index is 0.712. The molecule has 0 saturated carbocycles. The quantitative estimate of drug-likeness (QED) is 0.587. The van der Waals surface area contributed by atoms with Crippen molar-refractivity contribution in [2.45, 2.75) is 13.1 Å². The summed E-state index contributed by atoms with van der Waals surface area (Å²) in [7, 11) is 2.16. The summed E-state index contributed by atoms with van der Waals surface area (Å²) in [5, 5.41) is 2.46. The lowest BCUT2D eigenvalue weighted by Gasteiger charge is -2.26. The van der Waals surface area contributed by atoms with Crippen LogP contribution in [0.3, 0.4) is 0 Å². The number of aromatic nitrogens is 1. The van der Waals surface area contributed by atoms with Gasteiger partial charge in [0.25, 0.3) is 0 Å². The molecule has 2 heterocycles. The number of rotatable bonds is 8. The van der Waals surface area contributed by atoms with Gasteiger partial charge >= 0.3 is 0 Å². The second kappa shape index (κ2) is 9.83. The smallest absolute Gasteiger partial charge is 0.119 e. The Balaban J connectivity index is 1.32. The van der Waals surface area contributed by atoms with Crippen molar-refractivity contribution in [3.05, 3.63) is 72.1 Å². The van der Waals surface area contributed by atoms with Crippen LogP contribution in [0.2, 0.25) is 0 Å². The maximum atomic E-state index is 6.00. The SMILES string of the molecule is CN(Cc1cccc(OCCN2CCOCC2)c1)Cc1cccc2cnccc12. The third-order valence-electron chi connectivity index (χ3n) is 5.34. The molecule has 3 aromatic rings. The molecule has 0 bridgehead atoms. The van der Waals surface area contributed by atoms with E-state index in [1.165, 1.54) is 21.9 Å². The Morgan fingerprint density at radius 3 is 2.83 bits per heavy atom. The van der Waals surface area contributed by atoms with Gasteiger partial charge in [0.15, 0.2) is 0 Å². The minimum Gasteiger partial charge on any atom is -0.492 e. The Morgan fingerprint density at radius 1 is 1.07 bits per heavy atom. The van der Waals surface area contributed by atoms with E-state index < -0.39 is 0 Å². The number of nitrogens with zero attached hydrogens (tertiary/aromatic N) is 3. The lowest BCUT2D eigenvalue weighted by atomic mass is 10.1. The Kier molecular flexibility index (Phi) is 6.72. The number of fused-ring (bicyclic) bond motifs is 1. The molecule has 0 N–H and O–H groups in total. The van der Waals surface area contributed by atoms with Crippen LogP contribution in [0.1, 0.15) is 11.1 Å². The van der Waals surface area contributed by atoms with Crippen LogP contribution in [-0.2, 0) is 17.8 Å². The van der Waals surface area contributed by atoms with Gasteiger partial charge in [0.1, 0.15) is 12.4 Å². The number of pyridine rings is 1. The molecule has 1 fully saturated rings. The van der Waals surface area contributed by atoms with Crippen molar-refractivity contribution in [1.82, 2.24) is 14.8 Å². The normalized spacial score (nSPS) is 15.1. The molecule has 0 amide bonds. The molecule has 1 aliphatic heterocycles. The molecule has 152 valence electrons. The van der Waals surface area contributed by atoms with Gasteiger partial charge in [-0.1, -0.05) is 30.3 Å². The average molecular weight is 392 g/mol. The number of morpholine rings is 1. The van der Waals surface area contributed by atoms with Crippen LogP contribution in [0.4, 0.5) is 0 Å². The van der Waals surface area contributed by atoms with Crippen molar-refractivity contribution in [3.8, 4) is 5.75 Å². The van der Waals surface area contributed by atoms with Gasteiger partial charge in [-0.25, -0.2) is 0 Å². The zero-order chi connectivity index (χ0) is 19.9. The summed E-state index contributed by atoms with van der Waals surface area (Å²) in [5.74, 6) is 0.945. The largest absolute Gasteiger partial charge is 0.492 e. The summed E-state index contributed by atoms with van der Waals surface area (Å²) in [6, 6.07) is 17.0. The minimum atomic E-state index is 0.712.